The third-order valence-corrected chi connectivity index (χ3v) is 5.55. The molecule has 0 bridgehead atoms. The molecule has 3 atom stereocenters. The van der Waals surface area contributed by atoms with E-state index in [1.165, 1.54) is 0 Å². The van der Waals surface area contributed by atoms with Crippen LogP contribution in [0.5, 0.6) is 5.75 Å². The van der Waals surface area contributed by atoms with Crippen molar-refractivity contribution in [3.63, 3.8) is 0 Å². The Morgan fingerprint density at radius 3 is 2.67 bits per heavy atom. The molecule has 0 aromatic heterocycles. The number of carbonyl (C=O) groups excluding carboxylic acids is 2. The third kappa shape index (κ3) is 6.34. The number of hydrogen-bond donors (Lipinski definition) is 2. The van der Waals surface area contributed by atoms with Crippen molar-refractivity contribution < 1.29 is 19.1 Å². The molecule has 1 aliphatic rings. The normalized spacial score (nSPS) is 23.6. The Kier molecular flexibility index (Phi) is 8.92. The first-order valence-electron chi connectivity index (χ1n) is 10.6. The van der Waals surface area contributed by atoms with Crippen LogP contribution < -0.4 is 15.4 Å². The van der Waals surface area contributed by atoms with Crippen molar-refractivity contribution in [2.24, 2.45) is 5.92 Å². The number of nitrogens with zero attached hydrogens (tertiary/aromatic N) is 2. The zero-order chi connectivity index (χ0) is 22.3. The summed E-state index contributed by atoms with van der Waals surface area (Å²) in [7, 11) is 5.51. The van der Waals surface area contributed by atoms with Crippen LogP contribution in [0.2, 0.25) is 0 Å². The van der Waals surface area contributed by atoms with Gasteiger partial charge >= 0.3 is 6.03 Å². The lowest BCUT2D eigenvalue weighted by molar-refractivity contribution is 0.0150. The number of ether oxygens (including phenoxy) is 2. The molecule has 1 aromatic rings. The van der Waals surface area contributed by atoms with Crippen LogP contribution in [0.4, 0.5) is 10.5 Å². The minimum Gasteiger partial charge on any atom is -0.491 e. The van der Waals surface area contributed by atoms with Gasteiger partial charge in [0.15, 0.2) is 0 Å². The summed E-state index contributed by atoms with van der Waals surface area (Å²) < 4.78 is 11.7. The Labute approximate surface area is 179 Å². The Morgan fingerprint density at radius 1 is 1.27 bits per heavy atom. The minimum absolute atomic E-state index is 0.0847. The van der Waals surface area contributed by atoms with Gasteiger partial charge in [0.1, 0.15) is 12.4 Å². The molecular formula is C22H36N4O4. The van der Waals surface area contributed by atoms with Crippen LogP contribution in [0.25, 0.3) is 0 Å². The molecule has 8 nitrogen and oxygen atoms in total. The van der Waals surface area contributed by atoms with E-state index in [1.807, 2.05) is 6.92 Å². The Morgan fingerprint density at radius 2 is 2.00 bits per heavy atom. The van der Waals surface area contributed by atoms with Gasteiger partial charge in [-0.2, -0.15) is 0 Å². The van der Waals surface area contributed by atoms with Gasteiger partial charge < -0.3 is 25.0 Å². The van der Waals surface area contributed by atoms with Gasteiger partial charge in [-0.1, -0.05) is 13.8 Å². The van der Waals surface area contributed by atoms with E-state index >= 15 is 0 Å². The fraction of sp³-hybridized carbons (Fsp3) is 0.636. The topological polar surface area (TPSA) is 83.1 Å². The number of nitrogens with one attached hydrogen (secondary N) is 2. The van der Waals surface area contributed by atoms with Crippen LogP contribution in [0.3, 0.4) is 0 Å². The molecule has 3 amide bonds. The predicted octanol–water partition coefficient (Wildman–Crippen LogP) is 2.65. The van der Waals surface area contributed by atoms with Crippen molar-refractivity contribution in [1.82, 2.24) is 15.1 Å². The molecule has 2 N–H and O–H groups in total. The molecule has 0 saturated heterocycles. The zero-order valence-electron chi connectivity index (χ0n) is 19.0. The van der Waals surface area contributed by atoms with Crippen molar-refractivity contribution in [3.8, 4) is 5.75 Å². The van der Waals surface area contributed by atoms with E-state index in [0.29, 0.717) is 36.7 Å². The van der Waals surface area contributed by atoms with Gasteiger partial charge in [-0.3, -0.25) is 9.69 Å². The monoisotopic (exact) mass is 420 g/mol. The Bertz CT molecular complexity index is 727. The Hall–Kier alpha value is -2.32. The molecule has 168 valence electrons. The zero-order valence-corrected chi connectivity index (χ0v) is 19.0. The quantitative estimate of drug-likeness (QED) is 0.783. The lowest BCUT2D eigenvalue weighted by atomic mass is 10.0. The van der Waals surface area contributed by atoms with Gasteiger partial charge in [0, 0.05) is 45.5 Å². The van der Waals surface area contributed by atoms with Crippen molar-refractivity contribution in [1.29, 1.82) is 0 Å². The number of methoxy groups -OCH3 is 1. The first-order chi connectivity index (χ1) is 14.3. The SMILES string of the molecule is CCCNC(=O)Nc1ccc2c(c1)C(=O)N(C)C[C@H](OC)[C@H](C)CN(C)[C@H](C)CO2. The number of hydrogen-bond acceptors (Lipinski definition) is 5. The average Bonchev–Trinajstić information content (AvgIpc) is 2.73. The summed E-state index contributed by atoms with van der Waals surface area (Å²) in [5.74, 6) is 0.583. The standard InChI is InChI=1S/C22H36N4O4/c1-7-10-23-22(28)24-17-8-9-19-18(11-17)21(27)26(5)13-20(29-6)15(2)12-25(4)16(3)14-30-19/h8-9,11,15-16,20H,7,10,12-14H2,1-6H3,(H2,23,24,28)/t15-,16-,20+/m1/s1. The van der Waals surface area contributed by atoms with Crippen LogP contribution in [-0.2, 0) is 4.74 Å². The molecular weight excluding hydrogens is 384 g/mol. The third-order valence-electron chi connectivity index (χ3n) is 5.55. The molecule has 1 heterocycles. The highest BCUT2D eigenvalue weighted by molar-refractivity contribution is 5.99. The van der Waals surface area contributed by atoms with Gasteiger partial charge in [0.25, 0.3) is 5.91 Å². The number of amides is 3. The summed E-state index contributed by atoms with van der Waals surface area (Å²) in [6.07, 6.45) is 0.763. The van der Waals surface area contributed by atoms with E-state index in [2.05, 4.69) is 36.4 Å². The fourth-order valence-electron chi connectivity index (χ4n) is 3.45. The molecule has 0 saturated carbocycles. The molecule has 0 aliphatic carbocycles. The molecule has 0 fully saturated rings. The van der Waals surface area contributed by atoms with Gasteiger partial charge in [0.2, 0.25) is 0 Å². The van der Waals surface area contributed by atoms with E-state index < -0.39 is 0 Å². The minimum atomic E-state index is -0.296. The molecule has 0 spiro atoms. The summed E-state index contributed by atoms with van der Waals surface area (Å²) >= 11 is 0. The summed E-state index contributed by atoms with van der Waals surface area (Å²) in [6, 6.07) is 5.03. The second-order valence-electron chi connectivity index (χ2n) is 8.13. The summed E-state index contributed by atoms with van der Waals surface area (Å²) in [4.78, 5) is 29.1. The smallest absolute Gasteiger partial charge is 0.319 e. The second kappa shape index (κ2) is 11.2. The number of anilines is 1. The van der Waals surface area contributed by atoms with Crippen LogP contribution in [-0.4, -0.2) is 81.3 Å². The molecule has 2 rings (SSSR count). The highest BCUT2D eigenvalue weighted by Crippen LogP contribution is 2.26. The Balaban J connectivity index is 2.33. The van der Waals surface area contributed by atoms with Gasteiger partial charge in [-0.05, 0) is 44.5 Å². The summed E-state index contributed by atoms with van der Waals surface area (Å²) in [5.41, 5.74) is 0.963. The predicted molar refractivity (Wildman–Crippen MR) is 118 cm³/mol. The largest absolute Gasteiger partial charge is 0.491 e. The van der Waals surface area contributed by atoms with E-state index in [-0.39, 0.29) is 30.0 Å². The van der Waals surface area contributed by atoms with Gasteiger partial charge in [0.05, 0.1) is 11.7 Å². The van der Waals surface area contributed by atoms with Gasteiger partial charge in [-0.25, -0.2) is 4.79 Å². The molecule has 1 aromatic carbocycles. The van der Waals surface area contributed by atoms with Crippen molar-refractivity contribution in [3.05, 3.63) is 23.8 Å². The lowest BCUT2D eigenvalue weighted by Gasteiger charge is -2.34. The number of likely N-dealkylation sites (N-methyl/N-ethyl adjacent to an activating group) is 2. The first kappa shape index (κ1) is 24.0. The summed E-state index contributed by atoms with van der Waals surface area (Å²) in [5, 5.41) is 5.55. The maximum Gasteiger partial charge on any atom is 0.319 e. The number of fused-ring (bicyclic) bond motifs is 1. The summed E-state index contributed by atoms with van der Waals surface area (Å²) in [6.45, 7) is 8.56. The van der Waals surface area contributed by atoms with E-state index in [9.17, 15) is 9.59 Å². The van der Waals surface area contributed by atoms with Crippen LogP contribution in [0.15, 0.2) is 18.2 Å². The molecule has 0 unspecified atom stereocenters. The van der Waals surface area contributed by atoms with Gasteiger partial charge in [-0.15, -0.1) is 0 Å². The van der Waals surface area contributed by atoms with Crippen LogP contribution in [0.1, 0.15) is 37.6 Å². The fourth-order valence-corrected chi connectivity index (χ4v) is 3.45. The van der Waals surface area contributed by atoms with Crippen LogP contribution >= 0.6 is 0 Å². The number of urea groups is 1. The molecule has 30 heavy (non-hydrogen) atoms. The van der Waals surface area contributed by atoms with Crippen molar-refractivity contribution in [2.45, 2.75) is 39.3 Å². The maximum atomic E-state index is 13.2. The highest BCUT2D eigenvalue weighted by atomic mass is 16.5. The van der Waals surface area contributed by atoms with Crippen LogP contribution in [0, 0.1) is 5.92 Å². The average molecular weight is 421 g/mol. The lowest BCUT2D eigenvalue weighted by Crippen LogP contribution is -2.45. The van der Waals surface area contributed by atoms with E-state index in [0.717, 1.165) is 13.0 Å². The first-order valence-corrected chi connectivity index (χ1v) is 10.6. The van der Waals surface area contributed by atoms with E-state index in [1.54, 1.807) is 37.3 Å². The second-order valence-corrected chi connectivity index (χ2v) is 8.13. The highest BCUT2D eigenvalue weighted by Gasteiger charge is 2.27. The molecule has 0 radical (unpaired) electrons. The van der Waals surface area contributed by atoms with E-state index in [4.69, 9.17) is 9.47 Å². The number of rotatable bonds is 4. The van der Waals surface area contributed by atoms with Crippen molar-refractivity contribution >= 4 is 17.6 Å². The maximum absolute atomic E-state index is 13.2. The number of carbonyl (C=O) groups is 2. The molecule has 8 heteroatoms. The number of benzene rings is 1. The van der Waals surface area contributed by atoms with Crippen molar-refractivity contribution in [2.75, 3.05) is 52.8 Å². The molecule has 1 aliphatic heterocycles.